The quantitative estimate of drug-likeness (QED) is 0.146. The SMILES string of the molecule is N#Cc1cc(-n2c3ccc(-c4ccc(C(F)(F)F)cc4C(F)(F)F)cc3c3cc(-c4ccc(C(F)(F)F)cc4C(F)(F)F)ccc32)c(-n2c3ccc(-c4ccc(C(F)(F)F)cc4C(F)(F)F)cc3c3cc(-c4ccc(C(F)(F)F)cc4C(F)(F)F)ccc32)cc1-c1ccc(C(F)(F)F)cc1C(F)(F)F. The molecule has 0 spiro atoms. The number of halogens is 30. The summed E-state index contributed by atoms with van der Waals surface area (Å²) in [6.07, 6.45) is -55.6. The van der Waals surface area contributed by atoms with Crippen molar-refractivity contribution in [3.05, 3.63) is 237 Å². The molecule has 0 aliphatic carbocycles. The van der Waals surface area contributed by atoms with Crippen molar-refractivity contribution in [2.45, 2.75) is 61.8 Å². The molecule has 104 heavy (non-hydrogen) atoms. The van der Waals surface area contributed by atoms with E-state index in [1.807, 2.05) is 0 Å². The first-order valence-electron chi connectivity index (χ1n) is 29.0. The third-order valence-corrected chi connectivity index (χ3v) is 17.0. The molecule has 10 aromatic carbocycles. The standard InChI is InChI=1S/C71H29F30N3/c72-62(73,74)36-5-10-41(51(24-36)67(87,88)89)31-1-15-56-47(19-31)48-20-32(42-11-6-37(63(75,76)77)25-52(42)68(90,91)92)2-16-57(48)103(56)60-23-35(30-102)46(45-14-9-40(66(84,85)86)28-55(45)71(99,100)101)29-61(60)104-58-17-3-33(43-12-7-38(64(78,79)80)26-53(43)69(93,94)95)21-49(58)50-22-34(4-18-59(50)104)44-13-8-39(65(81,82)83)27-54(44)70(96,97)98/h1-29H. The minimum atomic E-state index is -5.80. The third-order valence-electron chi connectivity index (χ3n) is 17.0. The average molecular weight is 1490 g/mol. The Labute approximate surface area is 560 Å². The van der Waals surface area contributed by atoms with Gasteiger partial charge in [0.1, 0.15) is 0 Å². The molecule has 12 aromatic rings. The molecule has 0 amide bonds. The minimum absolute atomic E-state index is 0.138. The van der Waals surface area contributed by atoms with E-state index in [4.69, 9.17) is 0 Å². The van der Waals surface area contributed by atoms with E-state index in [2.05, 4.69) is 0 Å². The van der Waals surface area contributed by atoms with Gasteiger partial charge in [0.15, 0.2) is 0 Å². The van der Waals surface area contributed by atoms with Gasteiger partial charge in [0.25, 0.3) is 0 Å². The van der Waals surface area contributed by atoms with Gasteiger partial charge in [0.05, 0.1) is 101 Å². The highest BCUT2D eigenvalue weighted by atomic mass is 19.4. The molecule has 0 saturated heterocycles. The second-order valence-electron chi connectivity index (χ2n) is 23.4. The number of nitriles is 1. The van der Waals surface area contributed by atoms with Gasteiger partial charge in [-0.15, -0.1) is 0 Å². The maximum Gasteiger partial charge on any atom is 0.417 e. The van der Waals surface area contributed by atoms with Crippen molar-refractivity contribution in [1.82, 2.24) is 9.13 Å². The number of nitrogens with zero attached hydrogens (tertiary/aromatic N) is 3. The van der Waals surface area contributed by atoms with Gasteiger partial charge in [-0.05, 0) is 171 Å². The van der Waals surface area contributed by atoms with E-state index < -0.39 is 234 Å². The van der Waals surface area contributed by atoms with Gasteiger partial charge in [0, 0.05) is 27.1 Å². The molecular formula is C71H29F30N3. The zero-order chi connectivity index (χ0) is 76.3. The van der Waals surface area contributed by atoms with E-state index in [0.717, 1.165) is 81.9 Å². The fraction of sp³-hybridized carbons (Fsp3) is 0.141. The van der Waals surface area contributed by atoms with Gasteiger partial charge in [-0.3, -0.25) is 0 Å². The van der Waals surface area contributed by atoms with Gasteiger partial charge in [0.2, 0.25) is 0 Å². The number of hydrogen-bond acceptors (Lipinski definition) is 1. The van der Waals surface area contributed by atoms with Crippen molar-refractivity contribution in [1.29, 1.82) is 5.26 Å². The Morgan fingerprint density at radius 3 is 0.635 bits per heavy atom. The van der Waals surface area contributed by atoms with Crippen LogP contribution >= 0.6 is 0 Å². The maximum atomic E-state index is 15.4. The van der Waals surface area contributed by atoms with Crippen LogP contribution in [0.4, 0.5) is 132 Å². The molecule has 0 unspecified atom stereocenters. The summed E-state index contributed by atoms with van der Waals surface area (Å²) in [5, 5.41) is 9.06. The minimum Gasteiger partial charge on any atom is -0.307 e. The molecule has 2 heterocycles. The number of rotatable bonds is 7. The Morgan fingerprint density at radius 1 is 0.212 bits per heavy atom. The molecule has 12 rings (SSSR count). The molecule has 0 aliphatic heterocycles. The first-order chi connectivity index (χ1) is 47.8. The van der Waals surface area contributed by atoms with Crippen LogP contribution in [0.25, 0.3) is 111 Å². The van der Waals surface area contributed by atoms with Gasteiger partial charge in [-0.25, -0.2) is 0 Å². The van der Waals surface area contributed by atoms with Crippen LogP contribution < -0.4 is 0 Å². The molecule has 3 nitrogen and oxygen atoms in total. The third kappa shape index (κ3) is 13.3. The van der Waals surface area contributed by atoms with Crippen LogP contribution in [-0.4, -0.2) is 9.13 Å². The number of benzene rings is 10. The summed E-state index contributed by atoms with van der Waals surface area (Å²) in [5.41, 5.74) is -32.5. The summed E-state index contributed by atoms with van der Waals surface area (Å²) in [6.45, 7) is 0. The Morgan fingerprint density at radius 2 is 0.423 bits per heavy atom. The molecule has 0 N–H and O–H groups in total. The fourth-order valence-electron chi connectivity index (χ4n) is 12.5. The lowest BCUT2D eigenvalue weighted by atomic mass is 9.92. The van der Waals surface area contributed by atoms with Gasteiger partial charge >= 0.3 is 61.8 Å². The zero-order valence-corrected chi connectivity index (χ0v) is 50.4. The lowest BCUT2D eigenvalue weighted by Gasteiger charge is -2.22. The summed E-state index contributed by atoms with van der Waals surface area (Å²) in [4.78, 5) is 0. The molecule has 2 aromatic heterocycles. The summed E-state index contributed by atoms with van der Waals surface area (Å²) in [5.74, 6) is 0. The first-order valence-corrected chi connectivity index (χ1v) is 29.0. The van der Waals surface area contributed by atoms with Crippen LogP contribution in [0.1, 0.15) is 61.2 Å². The molecule has 0 radical (unpaired) electrons. The number of alkyl halides is 30. The van der Waals surface area contributed by atoms with Crippen molar-refractivity contribution in [3.8, 4) is 73.1 Å². The molecule has 538 valence electrons. The normalized spacial score (nSPS) is 13.5. The molecule has 0 aliphatic rings. The monoisotopic (exact) mass is 1490 g/mol. The van der Waals surface area contributed by atoms with Crippen LogP contribution in [-0.2, 0) is 61.8 Å². The van der Waals surface area contributed by atoms with Crippen LogP contribution in [0.5, 0.6) is 0 Å². The second-order valence-corrected chi connectivity index (χ2v) is 23.4. The first kappa shape index (κ1) is 73.0. The van der Waals surface area contributed by atoms with Crippen molar-refractivity contribution in [2.24, 2.45) is 0 Å². The largest absolute Gasteiger partial charge is 0.417 e. The molecule has 0 saturated carbocycles. The molecule has 0 bridgehead atoms. The van der Waals surface area contributed by atoms with E-state index in [-0.39, 0.29) is 66.7 Å². The van der Waals surface area contributed by atoms with E-state index in [0.29, 0.717) is 36.4 Å². The lowest BCUT2D eigenvalue weighted by Crippen LogP contribution is -2.13. The topological polar surface area (TPSA) is 33.6 Å². The number of hydrogen-bond donors (Lipinski definition) is 0. The summed E-state index contributed by atoms with van der Waals surface area (Å²) >= 11 is 0. The van der Waals surface area contributed by atoms with Gasteiger partial charge < -0.3 is 9.13 Å². The van der Waals surface area contributed by atoms with E-state index in [1.165, 1.54) is 0 Å². The van der Waals surface area contributed by atoms with Crippen LogP contribution in [0.15, 0.2) is 176 Å². The molecule has 0 fully saturated rings. The van der Waals surface area contributed by atoms with Crippen molar-refractivity contribution >= 4 is 43.6 Å². The van der Waals surface area contributed by atoms with Crippen molar-refractivity contribution in [3.63, 3.8) is 0 Å². The summed E-state index contributed by atoms with van der Waals surface area (Å²) in [6, 6.07) is 14.3. The Kier molecular flexibility index (Phi) is 16.9. The average Bonchev–Trinajstić information content (AvgIpc) is 1.52. The smallest absolute Gasteiger partial charge is 0.307 e. The van der Waals surface area contributed by atoms with Crippen LogP contribution in [0.3, 0.4) is 0 Å². The second kappa shape index (κ2) is 24.1. The number of aromatic nitrogens is 2. The fourth-order valence-corrected chi connectivity index (χ4v) is 12.5. The highest BCUT2D eigenvalue weighted by Gasteiger charge is 2.45. The van der Waals surface area contributed by atoms with Crippen molar-refractivity contribution < 1.29 is 132 Å². The number of fused-ring (bicyclic) bond motifs is 6. The highest BCUT2D eigenvalue weighted by molar-refractivity contribution is 6.14. The Bertz CT molecular complexity index is 5270. The molecule has 0 atom stereocenters. The summed E-state index contributed by atoms with van der Waals surface area (Å²) in [7, 11) is 0. The van der Waals surface area contributed by atoms with E-state index in [1.54, 1.807) is 6.07 Å². The molecule has 33 heteroatoms. The summed E-state index contributed by atoms with van der Waals surface area (Å²) < 4.78 is 439. The Hall–Kier alpha value is -10.8. The van der Waals surface area contributed by atoms with Gasteiger partial charge in [-0.1, -0.05) is 54.6 Å². The highest BCUT2D eigenvalue weighted by Crippen LogP contribution is 2.52. The van der Waals surface area contributed by atoms with Crippen LogP contribution in [0.2, 0.25) is 0 Å². The maximum absolute atomic E-state index is 15.4. The molecular weight excluding hydrogens is 1460 g/mol. The van der Waals surface area contributed by atoms with E-state index >= 15 is 13.2 Å². The van der Waals surface area contributed by atoms with E-state index in [9.17, 15) is 124 Å². The predicted molar refractivity (Wildman–Crippen MR) is 317 cm³/mol. The zero-order valence-electron chi connectivity index (χ0n) is 50.4. The van der Waals surface area contributed by atoms with Gasteiger partial charge in [-0.2, -0.15) is 137 Å². The van der Waals surface area contributed by atoms with Crippen molar-refractivity contribution in [2.75, 3.05) is 0 Å². The Balaban J connectivity index is 1.26. The van der Waals surface area contributed by atoms with Crippen LogP contribution in [0, 0.1) is 11.3 Å². The lowest BCUT2D eigenvalue weighted by molar-refractivity contribution is -0.144. The predicted octanol–water partition coefficient (Wildman–Crippen LogP) is 26.3.